The Labute approximate surface area is 91.9 Å². The summed E-state index contributed by atoms with van der Waals surface area (Å²) in [4.78, 5) is 0. The van der Waals surface area contributed by atoms with Gasteiger partial charge < -0.3 is 5.32 Å². The van der Waals surface area contributed by atoms with Crippen molar-refractivity contribution in [3.63, 3.8) is 0 Å². The van der Waals surface area contributed by atoms with Crippen LogP contribution in [0.25, 0.3) is 0 Å². The summed E-state index contributed by atoms with van der Waals surface area (Å²) in [6.07, 6.45) is 6.91. The lowest BCUT2D eigenvalue weighted by atomic mass is 9.79. The van der Waals surface area contributed by atoms with Gasteiger partial charge in [-0.25, -0.2) is 0 Å². The van der Waals surface area contributed by atoms with E-state index in [1.807, 2.05) is 0 Å². The molecular formula is C14H19N. The summed E-state index contributed by atoms with van der Waals surface area (Å²) in [6.45, 7) is 2.25. The van der Waals surface area contributed by atoms with Gasteiger partial charge in [-0.1, -0.05) is 37.5 Å². The van der Waals surface area contributed by atoms with Crippen molar-refractivity contribution in [3.8, 4) is 0 Å². The molecule has 0 atom stereocenters. The molecule has 0 amide bonds. The Hall–Kier alpha value is -0.820. The molecule has 1 aromatic carbocycles. The van der Waals surface area contributed by atoms with Crippen LogP contribution in [0.2, 0.25) is 0 Å². The lowest BCUT2D eigenvalue weighted by Gasteiger charge is -2.28. The number of rotatable bonds is 2. The van der Waals surface area contributed by atoms with Crippen molar-refractivity contribution in [3.05, 3.63) is 34.9 Å². The van der Waals surface area contributed by atoms with Gasteiger partial charge in [0.25, 0.3) is 0 Å². The van der Waals surface area contributed by atoms with Gasteiger partial charge in [0, 0.05) is 6.54 Å². The Morgan fingerprint density at radius 1 is 1.27 bits per heavy atom. The first kappa shape index (κ1) is 9.41. The van der Waals surface area contributed by atoms with Crippen LogP contribution in [0.5, 0.6) is 0 Å². The van der Waals surface area contributed by atoms with E-state index in [4.69, 9.17) is 0 Å². The molecule has 1 heteroatoms. The second kappa shape index (κ2) is 3.97. The van der Waals surface area contributed by atoms with E-state index < -0.39 is 0 Å². The molecule has 0 bridgehead atoms. The second-order valence-corrected chi connectivity index (χ2v) is 4.98. The molecule has 1 N–H and O–H groups in total. The van der Waals surface area contributed by atoms with E-state index >= 15 is 0 Å². The number of fused-ring (bicyclic) bond motifs is 1. The molecule has 80 valence electrons. The fraction of sp³-hybridized carbons (Fsp3) is 0.571. The minimum Gasteiger partial charge on any atom is -0.312 e. The first-order chi connectivity index (χ1) is 7.43. The zero-order chi connectivity index (χ0) is 10.1. The van der Waals surface area contributed by atoms with E-state index in [2.05, 4.69) is 23.5 Å². The first-order valence-electron chi connectivity index (χ1n) is 6.24. The summed E-state index contributed by atoms with van der Waals surface area (Å²) >= 11 is 0. The van der Waals surface area contributed by atoms with Gasteiger partial charge in [0.15, 0.2) is 0 Å². The van der Waals surface area contributed by atoms with Crippen molar-refractivity contribution in [1.29, 1.82) is 0 Å². The summed E-state index contributed by atoms with van der Waals surface area (Å²) in [6, 6.07) is 6.89. The summed E-state index contributed by atoms with van der Waals surface area (Å²) in [5, 5.41) is 3.49. The highest BCUT2D eigenvalue weighted by atomic mass is 14.9. The van der Waals surface area contributed by atoms with Gasteiger partial charge in [0.1, 0.15) is 0 Å². The summed E-state index contributed by atoms with van der Waals surface area (Å²) in [5.41, 5.74) is 4.81. The molecule has 3 rings (SSSR count). The Bertz CT molecular complexity index is 352. The number of benzene rings is 1. The fourth-order valence-corrected chi connectivity index (χ4v) is 2.78. The zero-order valence-electron chi connectivity index (χ0n) is 9.26. The van der Waals surface area contributed by atoms with Crippen LogP contribution in [0.4, 0.5) is 0 Å². The molecule has 0 spiro atoms. The average molecular weight is 201 g/mol. The molecule has 0 unspecified atom stereocenters. The third-order valence-corrected chi connectivity index (χ3v) is 3.98. The molecule has 0 saturated heterocycles. The van der Waals surface area contributed by atoms with Crippen molar-refractivity contribution in [1.82, 2.24) is 5.32 Å². The van der Waals surface area contributed by atoms with Crippen LogP contribution in [-0.4, -0.2) is 6.54 Å². The van der Waals surface area contributed by atoms with E-state index in [1.165, 1.54) is 32.1 Å². The van der Waals surface area contributed by atoms with E-state index in [9.17, 15) is 0 Å². The molecule has 0 radical (unpaired) electrons. The molecule has 1 aromatic rings. The van der Waals surface area contributed by atoms with Crippen LogP contribution in [0.3, 0.4) is 0 Å². The maximum Gasteiger partial charge on any atom is 0.0211 e. The Kier molecular flexibility index (Phi) is 2.49. The van der Waals surface area contributed by atoms with E-state index in [1.54, 1.807) is 16.7 Å². The lowest BCUT2D eigenvalue weighted by Crippen LogP contribution is -2.25. The normalized spacial score (nSPS) is 20.8. The highest BCUT2D eigenvalue weighted by molar-refractivity contribution is 5.37. The van der Waals surface area contributed by atoms with E-state index in [0.717, 1.165) is 19.0 Å². The molecule has 1 aliphatic carbocycles. The molecule has 1 fully saturated rings. The molecule has 0 aromatic heterocycles. The fourth-order valence-electron chi connectivity index (χ4n) is 2.78. The van der Waals surface area contributed by atoms with Gasteiger partial charge in [-0.2, -0.15) is 0 Å². The van der Waals surface area contributed by atoms with Gasteiger partial charge in [-0.05, 0) is 42.0 Å². The van der Waals surface area contributed by atoms with Crippen molar-refractivity contribution in [2.45, 2.75) is 38.6 Å². The van der Waals surface area contributed by atoms with Crippen molar-refractivity contribution in [2.24, 2.45) is 5.92 Å². The second-order valence-electron chi connectivity index (χ2n) is 4.98. The maximum absolute atomic E-state index is 3.49. The van der Waals surface area contributed by atoms with Crippen LogP contribution in [0, 0.1) is 5.92 Å². The van der Waals surface area contributed by atoms with Gasteiger partial charge >= 0.3 is 0 Å². The van der Waals surface area contributed by atoms with Crippen LogP contribution in [0.15, 0.2) is 18.2 Å². The lowest BCUT2D eigenvalue weighted by molar-refractivity contribution is 0.313. The molecule has 1 heterocycles. The molecule has 1 aliphatic heterocycles. The zero-order valence-corrected chi connectivity index (χ0v) is 9.26. The maximum atomic E-state index is 3.49. The third kappa shape index (κ3) is 1.81. The third-order valence-electron chi connectivity index (χ3n) is 3.98. The Morgan fingerprint density at radius 2 is 2.20 bits per heavy atom. The largest absolute Gasteiger partial charge is 0.312 e. The smallest absolute Gasteiger partial charge is 0.0211 e. The summed E-state index contributed by atoms with van der Waals surface area (Å²) in [7, 11) is 0. The van der Waals surface area contributed by atoms with Crippen molar-refractivity contribution < 1.29 is 0 Å². The number of hydrogen-bond acceptors (Lipinski definition) is 1. The number of hydrogen-bond donors (Lipinski definition) is 1. The summed E-state index contributed by atoms with van der Waals surface area (Å²) < 4.78 is 0. The molecule has 1 saturated carbocycles. The highest BCUT2D eigenvalue weighted by Crippen LogP contribution is 2.31. The predicted molar refractivity (Wildman–Crippen MR) is 62.9 cm³/mol. The number of nitrogens with one attached hydrogen (secondary N) is 1. The van der Waals surface area contributed by atoms with Crippen LogP contribution >= 0.6 is 0 Å². The van der Waals surface area contributed by atoms with Gasteiger partial charge in [0.2, 0.25) is 0 Å². The first-order valence-corrected chi connectivity index (χ1v) is 6.24. The SMILES string of the molecule is c1cc2c(c(CC3CCC3)c1)CNCC2. The van der Waals surface area contributed by atoms with Crippen molar-refractivity contribution in [2.75, 3.05) is 6.54 Å². The molecule has 15 heavy (non-hydrogen) atoms. The molecular weight excluding hydrogens is 182 g/mol. The van der Waals surface area contributed by atoms with E-state index in [-0.39, 0.29) is 0 Å². The molecule has 2 aliphatic rings. The van der Waals surface area contributed by atoms with Crippen LogP contribution in [0.1, 0.15) is 36.0 Å². The van der Waals surface area contributed by atoms with E-state index in [0.29, 0.717) is 0 Å². The van der Waals surface area contributed by atoms with Crippen LogP contribution in [-0.2, 0) is 19.4 Å². The summed E-state index contributed by atoms with van der Waals surface area (Å²) in [5.74, 6) is 0.985. The predicted octanol–water partition coefficient (Wildman–Crippen LogP) is 2.67. The Balaban J connectivity index is 1.85. The van der Waals surface area contributed by atoms with Crippen molar-refractivity contribution >= 4 is 0 Å². The Morgan fingerprint density at radius 3 is 3.00 bits per heavy atom. The van der Waals surface area contributed by atoms with Crippen LogP contribution < -0.4 is 5.32 Å². The van der Waals surface area contributed by atoms with Gasteiger partial charge in [-0.15, -0.1) is 0 Å². The van der Waals surface area contributed by atoms with Gasteiger partial charge in [-0.3, -0.25) is 0 Å². The van der Waals surface area contributed by atoms with Gasteiger partial charge in [0.05, 0.1) is 0 Å². The quantitative estimate of drug-likeness (QED) is 0.775. The molecule has 1 nitrogen and oxygen atoms in total. The standard InChI is InChI=1S/C14H19N/c1-3-11(4-1)9-13-6-2-5-12-7-8-15-10-14(12)13/h2,5-6,11,15H,1,3-4,7-10H2. The highest BCUT2D eigenvalue weighted by Gasteiger charge is 2.20. The topological polar surface area (TPSA) is 12.0 Å². The average Bonchev–Trinajstić information content (AvgIpc) is 2.23. The minimum absolute atomic E-state index is 0.985. The minimum atomic E-state index is 0.985. The monoisotopic (exact) mass is 201 g/mol.